The summed E-state index contributed by atoms with van der Waals surface area (Å²) in [7, 11) is 0. The summed E-state index contributed by atoms with van der Waals surface area (Å²) < 4.78 is 3.90. The van der Waals surface area contributed by atoms with Gasteiger partial charge in [0, 0.05) is 45.4 Å². The summed E-state index contributed by atoms with van der Waals surface area (Å²) in [6.07, 6.45) is 9.60. The van der Waals surface area contributed by atoms with Crippen LogP contribution in [0.3, 0.4) is 0 Å². The molecule has 0 atom stereocenters. The number of nitrogens with one attached hydrogen (secondary N) is 1. The van der Waals surface area contributed by atoms with Gasteiger partial charge >= 0.3 is 0 Å². The Labute approximate surface area is 226 Å². The van der Waals surface area contributed by atoms with Crippen molar-refractivity contribution in [1.29, 1.82) is 10.5 Å². The van der Waals surface area contributed by atoms with Crippen LogP contribution in [0.15, 0.2) is 58.7 Å². The van der Waals surface area contributed by atoms with E-state index in [2.05, 4.69) is 40.2 Å². The van der Waals surface area contributed by atoms with Crippen molar-refractivity contribution in [3.8, 4) is 23.3 Å². The van der Waals surface area contributed by atoms with Crippen molar-refractivity contribution in [2.45, 2.75) is 73.9 Å². The SMILES string of the molecule is Cc1c(-c2cc(Sc3ccccc3C#N)c3c(C#N)cnn3c2)cnn1C1CCC(NCC(C)(C)O)CC1. The first-order valence-corrected chi connectivity index (χ1v) is 13.7. The first-order valence-electron chi connectivity index (χ1n) is 12.9. The van der Waals surface area contributed by atoms with Gasteiger partial charge < -0.3 is 10.4 Å². The molecule has 1 saturated carbocycles. The fraction of sp³-hybridized carbons (Fsp3) is 0.379. The zero-order valence-electron chi connectivity index (χ0n) is 21.8. The summed E-state index contributed by atoms with van der Waals surface area (Å²) in [5, 5.41) is 42.0. The average molecular weight is 526 g/mol. The van der Waals surface area contributed by atoms with Gasteiger partial charge in [-0.2, -0.15) is 20.7 Å². The maximum Gasteiger partial charge on any atom is 0.103 e. The molecule has 0 spiro atoms. The van der Waals surface area contributed by atoms with Crippen LogP contribution in [0, 0.1) is 29.6 Å². The summed E-state index contributed by atoms with van der Waals surface area (Å²) in [4.78, 5) is 1.70. The van der Waals surface area contributed by atoms with Gasteiger partial charge in [-0.3, -0.25) is 4.68 Å². The predicted molar refractivity (Wildman–Crippen MR) is 147 cm³/mol. The maximum atomic E-state index is 10.0. The van der Waals surface area contributed by atoms with Gasteiger partial charge in [-0.25, -0.2) is 4.52 Å². The number of pyridine rings is 1. The Kier molecular flexibility index (Phi) is 7.27. The summed E-state index contributed by atoms with van der Waals surface area (Å²) in [6, 6.07) is 14.8. The Morgan fingerprint density at radius 2 is 1.79 bits per heavy atom. The van der Waals surface area contributed by atoms with Crippen molar-refractivity contribution in [2.24, 2.45) is 0 Å². The first-order chi connectivity index (χ1) is 18.3. The monoisotopic (exact) mass is 525 g/mol. The number of hydrogen-bond acceptors (Lipinski definition) is 7. The molecule has 1 aromatic carbocycles. The van der Waals surface area contributed by atoms with Gasteiger partial charge in [0.15, 0.2) is 0 Å². The number of nitrogens with zero attached hydrogens (tertiary/aromatic N) is 6. The van der Waals surface area contributed by atoms with Crippen LogP contribution in [0.1, 0.15) is 62.4 Å². The van der Waals surface area contributed by atoms with Gasteiger partial charge in [0.2, 0.25) is 0 Å². The van der Waals surface area contributed by atoms with Crippen LogP contribution >= 0.6 is 11.8 Å². The van der Waals surface area contributed by atoms with Crippen LogP contribution in [0.2, 0.25) is 0 Å². The Morgan fingerprint density at radius 3 is 2.50 bits per heavy atom. The number of benzene rings is 1. The quantitative estimate of drug-likeness (QED) is 0.339. The number of aliphatic hydroxyl groups is 1. The lowest BCUT2D eigenvalue weighted by molar-refractivity contribution is 0.0735. The summed E-state index contributed by atoms with van der Waals surface area (Å²) in [5.74, 6) is 0. The molecule has 5 rings (SSSR count). The van der Waals surface area contributed by atoms with Crippen LogP contribution < -0.4 is 5.32 Å². The minimum absolute atomic E-state index is 0.332. The van der Waals surface area contributed by atoms with E-state index in [0.717, 1.165) is 57.8 Å². The zero-order valence-corrected chi connectivity index (χ0v) is 22.7. The molecule has 194 valence electrons. The molecule has 0 radical (unpaired) electrons. The molecule has 0 aliphatic heterocycles. The molecule has 0 bridgehead atoms. The van der Waals surface area contributed by atoms with Gasteiger partial charge in [0.25, 0.3) is 0 Å². The van der Waals surface area contributed by atoms with Crippen LogP contribution in [-0.2, 0) is 0 Å². The minimum Gasteiger partial charge on any atom is -0.389 e. The molecule has 38 heavy (non-hydrogen) atoms. The molecule has 8 nitrogen and oxygen atoms in total. The lowest BCUT2D eigenvalue weighted by atomic mass is 9.90. The van der Waals surface area contributed by atoms with Crippen molar-refractivity contribution < 1.29 is 5.11 Å². The smallest absolute Gasteiger partial charge is 0.103 e. The third-order valence-electron chi connectivity index (χ3n) is 7.15. The Morgan fingerprint density at radius 1 is 1.05 bits per heavy atom. The second-order valence-electron chi connectivity index (χ2n) is 10.6. The van der Waals surface area contributed by atoms with E-state index in [1.807, 2.05) is 44.4 Å². The maximum absolute atomic E-state index is 10.0. The molecule has 1 fully saturated rings. The third-order valence-corrected chi connectivity index (χ3v) is 8.25. The average Bonchev–Trinajstić information content (AvgIpc) is 3.51. The highest BCUT2D eigenvalue weighted by Crippen LogP contribution is 2.38. The lowest BCUT2D eigenvalue weighted by Crippen LogP contribution is -2.42. The molecule has 1 aliphatic carbocycles. The second kappa shape index (κ2) is 10.6. The van der Waals surface area contributed by atoms with Gasteiger partial charge in [-0.15, -0.1) is 0 Å². The lowest BCUT2D eigenvalue weighted by Gasteiger charge is -2.31. The van der Waals surface area contributed by atoms with Crippen LogP contribution in [0.4, 0.5) is 0 Å². The van der Waals surface area contributed by atoms with Crippen LogP contribution in [0.5, 0.6) is 0 Å². The van der Waals surface area contributed by atoms with Crippen molar-refractivity contribution in [2.75, 3.05) is 6.54 Å². The highest BCUT2D eigenvalue weighted by molar-refractivity contribution is 7.99. The molecule has 0 amide bonds. The number of hydrogen-bond donors (Lipinski definition) is 2. The van der Waals surface area contributed by atoms with Crippen LogP contribution in [-0.4, -0.2) is 42.7 Å². The molecule has 3 aromatic heterocycles. The summed E-state index contributed by atoms with van der Waals surface area (Å²) >= 11 is 1.47. The highest BCUT2D eigenvalue weighted by atomic mass is 32.2. The van der Waals surface area contributed by atoms with E-state index < -0.39 is 5.60 Å². The topological polar surface area (TPSA) is 115 Å². The largest absolute Gasteiger partial charge is 0.389 e. The van der Waals surface area contributed by atoms with E-state index in [1.54, 1.807) is 16.8 Å². The zero-order chi connectivity index (χ0) is 26.9. The standard InChI is InChI=1S/C29H31N7OS/c1-19-25(16-34-36(19)24-10-8-23(9-11-24)32-18-29(2,3)37)21-12-27(28-22(14-31)15-33-35(28)17-21)38-26-7-5-4-6-20(26)13-30/h4-7,12,15-17,23-24,32,37H,8-11,18H2,1-3H3. The van der Waals surface area contributed by atoms with Crippen molar-refractivity contribution in [3.05, 3.63) is 65.7 Å². The van der Waals surface area contributed by atoms with Crippen molar-refractivity contribution in [1.82, 2.24) is 24.7 Å². The Hall–Kier alpha value is -3.63. The van der Waals surface area contributed by atoms with Crippen molar-refractivity contribution in [3.63, 3.8) is 0 Å². The van der Waals surface area contributed by atoms with E-state index in [0.29, 0.717) is 29.8 Å². The number of rotatable bonds is 7. The molecule has 0 saturated heterocycles. The second-order valence-corrected chi connectivity index (χ2v) is 11.6. The first kappa shape index (κ1) is 26.0. The fourth-order valence-electron chi connectivity index (χ4n) is 5.15. The van der Waals surface area contributed by atoms with Gasteiger partial charge in [0.1, 0.15) is 12.1 Å². The third kappa shape index (κ3) is 5.32. The van der Waals surface area contributed by atoms with E-state index in [-0.39, 0.29) is 0 Å². The van der Waals surface area contributed by atoms with E-state index >= 15 is 0 Å². The summed E-state index contributed by atoms with van der Waals surface area (Å²) in [6.45, 7) is 6.35. The number of nitriles is 2. The number of fused-ring (bicyclic) bond motifs is 1. The van der Waals surface area contributed by atoms with E-state index in [9.17, 15) is 15.6 Å². The van der Waals surface area contributed by atoms with Gasteiger partial charge in [0.05, 0.1) is 40.7 Å². The molecule has 0 unspecified atom stereocenters. The van der Waals surface area contributed by atoms with E-state index in [4.69, 9.17) is 5.10 Å². The molecule has 2 N–H and O–H groups in total. The molecule has 4 aromatic rings. The van der Waals surface area contributed by atoms with E-state index in [1.165, 1.54) is 11.8 Å². The van der Waals surface area contributed by atoms with Gasteiger partial charge in [-0.05, 0) is 64.7 Å². The van der Waals surface area contributed by atoms with Crippen LogP contribution in [0.25, 0.3) is 16.6 Å². The predicted octanol–water partition coefficient (Wildman–Crippen LogP) is 5.24. The normalized spacial score (nSPS) is 17.8. The highest BCUT2D eigenvalue weighted by Gasteiger charge is 2.26. The van der Waals surface area contributed by atoms with Crippen molar-refractivity contribution >= 4 is 17.3 Å². The number of aromatic nitrogens is 4. The summed E-state index contributed by atoms with van der Waals surface area (Å²) in [5.41, 5.74) is 4.20. The Balaban J connectivity index is 1.44. The Bertz CT molecular complexity index is 1540. The molecule has 9 heteroatoms. The molecule has 1 aliphatic rings. The molecular formula is C29H31N7OS. The molecular weight excluding hydrogens is 494 g/mol. The van der Waals surface area contributed by atoms with Gasteiger partial charge in [-0.1, -0.05) is 23.9 Å². The minimum atomic E-state index is -0.707. The fourth-order valence-corrected chi connectivity index (χ4v) is 6.24. The molecule has 3 heterocycles.